The molecular formula is C20H34O3. The Bertz CT molecular complexity index is 491. The molecule has 0 aliphatic heterocycles. The van der Waals surface area contributed by atoms with E-state index < -0.39 is 17.1 Å². The summed E-state index contributed by atoms with van der Waals surface area (Å²) < 4.78 is 0. The van der Waals surface area contributed by atoms with E-state index in [9.17, 15) is 15.3 Å². The van der Waals surface area contributed by atoms with Gasteiger partial charge in [-0.1, -0.05) is 26.8 Å². The van der Waals surface area contributed by atoms with E-state index in [2.05, 4.69) is 20.4 Å². The van der Waals surface area contributed by atoms with Gasteiger partial charge in [0.25, 0.3) is 0 Å². The first-order chi connectivity index (χ1) is 10.6. The number of aliphatic hydroxyl groups excluding tert-OH is 2. The van der Waals surface area contributed by atoms with Crippen LogP contribution in [0.4, 0.5) is 0 Å². The van der Waals surface area contributed by atoms with Gasteiger partial charge in [0, 0.05) is 5.41 Å². The molecule has 0 aromatic heterocycles. The molecule has 0 radical (unpaired) electrons. The molecule has 0 aromatic carbocycles. The first kappa shape index (κ1) is 17.4. The highest BCUT2D eigenvalue weighted by molar-refractivity contribution is 5.15. The summed E-state index contributed by atoms with van der Waals surface area (Å²) in [6.07, 6.45) is 7.84. The van der Waals surface area contributed by atoms with Crippen molar-refractivity contribution < 1.29 is 15.3 Å². The van der Waals surface area contributed by atoms with Crippen molar-refractivity contribution >= 4 is 0 Å². The lowest BCUT2D eigenvalue weighted by Gasteiger charge is -2.65. The van der Waals surface area contributed by atoms with E-state index in [0.29, 0.717) is 0 Å². The van der Waals surface area contributed by atoms with Gasteiger partial charge in [0.05, 0.1) is 18.3 Å². The highest BCUT2D eigenvalue weighted by Gasteiger charge is 2.64. The van der Waals surface area contributed by atoms with Crippen molar-refractivity contribution in [3.8, 4) is 0 Å². The van der Waals surface area contributed by atoms with Crippen LogP contribution in [0, 0.1) is 28.1 Å². The average molecular weight is 322 g/mol. The second-order valence-corrected chi connectivity index (χ2v) is 9.55. The Morgan fingerprint density at radius 1 is 1.04 bits per heavy atom. The fourth-order valence-electron chi connectivity index (χ4n) is 6.66. The van der Waals surface area contributed by atoms with E-state index in [1.165, 1.54) is 0 Å². The Morgan fingerprint density at radius 3 is 2.30 bits per heavy atom. The SMILES string of the molecule is C=C[C@@]1(C)CC[C@H]2[C@@](O)(CC[C@@H]3[C@]2(C)CC[C@H](O)[C@]3(C)CO)C1. The molecular weight excluding hydrogens is 288 g/mol. The van der Waals surface area contributed by atoms with Crippen LogP contribution >= 0.6 is 0 Å². The largest absolute Gasteiger partial charge is 0.396 e. The molecule has 3 N–H and O–H groups in total. The predicted molar refractivity (Wildman–Crippen MR) is 91.9 cm³/mol. The Balaban J connectivity index is 1.96. The molecule has 0 bridgehead atoms. The van der Waals surface area contributed by atoms with E-state index >= 15 is 0 Å². The Morgan fingerprint density at radius 2 is 1.70 bits per heavy atom. The monoisotopic (exact) mass is 322 g/mol. The van der Waals surface area contributed by atoms with Crippen molar-refractivity contribution in [2.45, 2.75) is 77.4 Å². The molecule has 3 rings (SSSR count). The highest BCUT2D eigenvalue weighted by atomic mass is 16.3. The summed E-state index contributed by atoms with van der Waals surface area (Å²) in [6, 6.07) is 0. The van der Waals surface area contributed by atoms with E-state index in [1.54, 1.807) is 0 Å². The molecule has 3 fully saturated rings. The number of allylic oxidation sites excluding steroid dienone is 1. The molecule has 0 heterocycles. The maximum absolute atomic E-state index is 11.5. The van der Waals surface area contributed by atoms with E-state index in [-0.39, 0.29) is 29.3 Å². The van der Waals surface area contributed by atoms with Crippen molar-refractivity contribution in [2.24, 2.45) is 28.1 Å². The van der Waals surface area contributed by atoms with Crippen LogP contribution in [0.2, 0.25) is 0 Å². The van der Waals surface area contributed by atoms with Crippen LogP contribution in [0.15, 0.2) is 12.7 Å². The smallest absolute Gasteiger partial charge is 0.0689 e. The molecule has 0 spiro atoms. The Kier molecular flexibility index (Phi) is 4.02. The number of hydrogen-bond donors (Lipinski definition) is 3. The standard InChI is InChI=1S/C20H34O3/c1-5-17(2)9-6-15-18(3)10-8-16(22)19(4,13-21)14(18)7-11-20(15,23)12-17/h5,14-16,21-23H,1,6-13H2,2-4H3/t14-,15-,16+,17+,18+,19-,20-/m1/s1. The van der Waals surface area contributed by atoms with Crippen molar-refractivity contribution in [3.63, 3.8) is 0 Å². The van der Waals surface area contributed by atoms with Gasteiger partial charge in [0.2, 0.25) is 0 Å². The maximum atomic E-state index is 11.5. The molecule has 0 saturated heterocycles. The summed E-state index contributed by atoms with van der Waals surface area (Å²) in [5, 5.41) is 32.0. The molecule has 3 aliphatic carbocycles. The number of fused-ring (bicyclic) bond motifs is 3. The van der Waals surface area contributed by atoms with Crippen LogP contribution < -0.4 is 0 Å². The topological polar surface area (TPSA) is 60.7 Å². The fraction of sp³-hybridized carbons (Fsp3) is 0.900. The van der Waals surface area contributed by atoms with Gasteiger partial charge < -0.3 is 15.3 Å². The minimum Gasteiger partial charge on any atom is -0.396 e. The van der Waals surface area contributed by atoms with Crippen LogP contribution in [0.25, 0.3) is 0 Å². The van der Waals surface area contributed by atoms with Crippen molar-refractivity contribution in [1.82, 2.24) is 0 Å². The second kappa shape index (κ2) is 5.31. The lowest BCUT2D eigenvalue weighted by molar-refractivity contribution is -0.231. The van der Waals surface area contributed by atoms with Gasteiger partial charge >= 0.3 is 0 Å². The quantitative estimate of drug-likeness (QED) is 0.684. The van der Waals surface area contributed by atoms with E-state index in [0.717, 1.165) is 44.9 Å². The summed E-state index contributed by atoms with van der Waals surface area (Å²) in [6.45, 7) is 10.6. The zero-order valence-corrected chi connectivity index (χ0v) is 15.0. The fourth-order valence-corrected chi connectivity index (χ4v) is 6.66. The third-order valence-corrected chi connectivity index (χ3v) is 8.17. The average Bonchev–Trinajstić information content (AvgIpc) is 2.50. The summed E-state index contributed by atoms with van der Waals surface area (Å²) in [5.41, 5.74) is -1.02. The van der Waals surface area contributed by atoms with Gasteiger partial charge in [-0.2, -0.15) is 0 Å². The van der Waals surface area contributed by atoms with Gasteiger partial charge in [-0.15, -0.1) is 6.58 Å². The number of hydrogen-bond acceptors (Lipinski definition) is 3. The molecule has 0 unspecified atom stereocenters. The zero-order valence-electron chi connectivity index (χ0n) is 15.0. The zero-order chi connectivity index (χ0) is 17.1. The van der Waals surface area contributed by atoms with Gasteiger partial charge in [0.1, 0.15) is 0 Å². The second-order valence-electron chi connectivity index (χ2n) is 9.55. The molecule has 3 saturated carbocycles. The summed E-state index contributed by atoms with van der Waals surface area (Å²) >= 11 is 0. The maximum Gasteiger partial charge on any atom is 0.0689 e. The van der Waals surface area contributed by atoms with Gasteiger partial charge in [0.15, 0.2) is 0 Å². The van der Waals surface area contributed by atoms with Gasteiger partial charge in [-0.3, -0.25) is 0 Å². The first-order valence-electron chi connectivity index (χ1n) is 9.28. The Labute approximate surface area is 140 Å². The minimum absolute atomic E-state index is 0.00616. The van der Waals surface area contributed by atoms with E-state index in [1.807, 2.05) is 13.0 Å². The number of aliphatic hydroxyl groups is 3. The van der Waals surface area contributed by atoms with Crippen LogP contribution in [0.5, 0.6) is 0 Å². The lowest BCUT2D eigenvalue weighted by atomic mass is 9.41. The molecule has 0 amide bonds. The molecule has 3 aliphatic rings. The van der Waals surface area contributed by atoms with Crippen LogP contribution in [0.1, 0.15) is 65.7 Å². The van der Waals surface area contributed by atoms with Crippen LogP contribution in [0.3, 0.4) is 0 Å². The normalized spacial score (nSPS) is 56.5. The van der Waals surface area contributed by atoms with Crippen molar-refractivity contribution in [3.05, 3.63) is 12.7 Å². The summed E-state index contributed by atoms with van der Waals surface area (Å²) in [4.78, 5) is 0. The van der Waals surface area contributed by atoms with Crippen molar-refractivity contribution in [2.75, 3.05) is 6.61 Å². The van der Waals surface area contributed by atoms with Crippen LogP contribution in [-0.2, 0) is 0 Å². The van der Waals surface area contributed by atoms with Gasteiger partial charge in [-0.05, 0) is 67.6 Å². The lowest BCUT2D eigenvalue weighted by Crippen LogP contribution is -2.64. The third kappa shape index (κ3) is 2.34. The molecule has 132 valence electrons. The van der Waals surface area contributed by atoms with Crippen molar-refractivity contribution in [1.29, 1.82) is 0 Å². The van der Waals surface area contributed by atoms with Gasteiger partial charge in [-0.25, -0.2) is 0 Å². The minimum atomic E-state index is -0.620. The van der Waals surface area contributed by atoms with E-state index in [4.69, 9.17) is 0 Å². The molecule has 0 aromatic rings. The molecule has 23 heavy (non-hydrogen) atoms. The molecule has 3 nitrogen and oxygen atoms in total. The van der Waals surface area contributed by atoms with Crippen LogP contribution in [-0.4, -0.2) is 33.6 Å². The summed E-state index contributed by atoms with van der Waals surface area (Å²) in [5.74, 6) is 0.544. The molecule has 7 atom stereocenters. The number of rotatable bonds is 2. The molecule has 3 heteroatoms. The first-order valence-corrected chi connectivity index (χ1v) is 9.28. The summed E-state index contributed by atoms with van der Waals surface area (Å²) in [7, 11) is 0. The highest BCUT2D eigenvalue weighted by Crippen LogP contribution is 2.66. The third-order valence-electron chi connectivity index (χ3n) is 8.17. The Hall–Kier alpha value is -0.380. The predicted octanol–water partition coefficient (Wildman–Crippen LogP) is 3.28.